The normalized spacial score (nSPS) is 33.7. The molecule has 0 spiro atoms. The summed E-state index contributed by atoms with van der Waals surface area (Å²) in [6, 6.07) is 5.59. The molecule has 0 saturated carbocycles. The molecule has 18 heavy (non-hydrogen) atoms. The summed E-state index contributed by atoms with van der Waals surface area (Å²) in [5.41, 5.74) is -0.463. The molecule has 7 heteroatoms. The molecule has 2 atom stereocenters. The Labute approximate surface area is 116 Å². The smallest absolute Gasteiger partial charge is 0.153 e. The van der Waals surface area contributed by atoms with Gasteiger partial charge in [-0.2, -0.15) is 0 Å². The number of pyridine rings is 1. The minimum Gasteiger partial charge on any atom is -0.304 e. The molecule has 0 amide bonds. The van der Waals surface area contributed by atoms with Crippen molar-refractivity contribution in [3.05, 3.63) is 24.4 Å². The van der Waals surface area contributed by atoms with Crippen molar-refractivity contribution in [2.45, 2.75) is 17.7 Å². The predicted octanol–water partition coefficient (Wildman–Crippen LogP) is 1.48. The topological polar surface area (TPSA) is 50.3 Å². The van der Waals surface area contributed by atoms with Crippen LogP contribution in [0.25, 0.3) is 0 Å². The van der Waals surface area contributed by atoms with E-state index in [1.54, 1.807) is 6.20 Å². The van der Waals surface area contributed by atoms with Crippen molar-refractivity contribution in [1.29, 1.82) is 0 Å². The minimum absolute atomic E-state index is 0.0111. The largest absolute Gasteiger partial charge is 0.304 e. The number of sulfone groups is 1. The first-order valence-electron chi connectivity index (χ1n) is 5.55. The molecule has 3 heterocycles. The van der Waals surface area contributed by atoms with Crippen molar-refractivity contribution < 1.29 is 8.42 Å². The molecule has 0 radical (unpaired) electrons. The van der Waals surface area contributed by atoms with Gasteiger partial charge in [0.05, 0.1) is 22.3 Å². The maximum atomic E-state index is 11.8. The molecule has 2 saturated heterocycles. The summed E-state index contributed by atoms with van der Waals surface area (Å²) in [7, 11) is -2.98. The maximum absolute atomic E-state index is 11.8. The molecule has 0 unspecified atom stereocenters. The zero-order valence-corrected chi connectivity index (χ0v) is 12.2. The summed E-state index contributed by atoms with van der Waals surface area (Å²) in [5, 5.41) is 0.0111. The maximum Gasteiger partial charge on any atom is 0.153 e. The molecule has 2 aliphatic heterocycles. The quantitative estimate of drug-likeness (QED) is 0.732. The summed E-state index contributed by atoms with van der Waals surface area (Å²) in [6.45, 7) is 1.96. The lowest BCUT2D eigenvalue weighted by atomic mass is 9.99. The van der Waals surface area contributed by atoms with E-state index in [0.717, 1.165) is 10.1 Å². The Morgan fingerprint density at radius 2 is 2.33 bits per heavy atom. The van der Waals surface area contributed by atoms with E-state index < -0.39 is 15.4 Å². The van der Waals surface area contributed by atoms with Gasteiger partial charge in [0.25, 0.3) is 0 Å². The molecule has 0 bridgehead atoms. The second-order valence-electron chi connectivity index (χ2n) is 4.81. The standard InChI is InChI=1S/C11H12N2O2S3/c1-11-7-18(14,15)6-8(11)17-10(16)13(11)9-4-2-3-5-12-9/h2-5,8H,6-7H2,1H3/t8-,11-/m1/s1. The summed E-state index contributed by atoms with van der Waals surface area (Å²) >= 11 is 6.86. The zero-order valence-electron chi connectivity index (χ0n) is 9.74. The minimum atomic E-state index is -2.98. The van der Waals surface area contributed by atoms with Crippen LogP contribution in [-0.4, -0.2) is 40.0 Å². The van der Waals surface area contributed by atoms with Gasteiger partial charge in [0.15, 0.2) is 9.84 Å². The highest BCUT2D eigenvalue weighted by molar-refractivity contribution is 8.24. The molecule has 0 aliphatic carbocycles. The van der Waals surface area contributed by atoms with Crippen molar-refractivity contribution in [3.63, 3.8) is 0 Å². The number of thiocarbonyl (C=S) groups is 1. The average molecular weight is 300 g/mol. The number of hydrogen-bond donors (Lipinski definition) is 0. The number of nitrogens with zero attached hydrogens (tertiary/aromatic N) is 2. The third-order valence-electron chi connectivity index (χ3n) is 3.43. The molecule has 2 aliphatic rings. The summed E-state index contributed by atoms with van der Waals surface area (Å²) in [4.78, 5) is 6.20. The van der Waals surface area contributed by atoms with E-state index in [0.29, 0.717) is 0 Å². The van der Waals surface area contributed by atoms with Gasteiger partial charge in [-0.05, 0) is 19.1 Å². The summed E-state index contributed by atoms with van der Waals surface area (Å²) in [6.07, 6.45) is 1.70. The third-order valence-corrected chi connectivity index (χ3v) is 7.32. The lowest BCUT2D eigenvalue weighted by Gasteiger charge is -2.33. The lowest BCUT2D eigenvalue weighted by Crippen LogP contribution is -2.49. The second-order valence-corrected chi connectivity index (χ2v) is 8.75. The van der Waals surface area contributed by atoms with Gasteiger partial charge in [0.1, 0.15) is 10.1 Å². The van der Waals surface area contributed by atoms with Crippen LogP contribution in [0.5, 0.6) is 0 Å². The van der Waals surface area contributed by atoms with Gasteiger partial charge in [-0.1, -0.05) is 30.0 Å². The highest BCUT2D eigenvalue weighted by Crippen LogP contribution is 2.47. The monoisotopic (exact) mass is 300 g/mol. The first-order valence-corrected chi connectivity index (χ1v) is 8.66. The van der Waals surface area contributed by atoms with Gasteiger partial charge < -0.3 is 4.90 Å². The number of anilines is 1. The number of thioether (sulfide) groups is 1. The van der Waals surface area contributed by atoms with Crippen LogP contribution in [0.1, 0.15) is 6.92 Å². The number of fused-ring (bicyclic) bond motifs is 1. The summed E-state index contributed by atoms with van der Waals surface area (Å²) in [5.74, 6) is 1.09. The fourth-order valence-corrected chi connectivity index (χ4v) is 7.50. The first-order chi connectivity index (χ1) is 8.42. The van der Waals surface area contributed by atoms with Crippen molar-refractivity contribution in [2.75, 3.05) is 16.4 Å². The van der Waals surface area contributed by atoms with Gasteiger partial charge in [0.2, 0.25) is 0 Å². The van der Waals surface area contributed by atoms with Crippen molar-refractivity contribution in [2.24, 2.45) is 0 Å². The first kappa shape index (κ1) is 12.4. The Balaban J connectivity index is 2.07. The van der Waals surface area contributed by atoms with Crippen LogP contribution in [0, 0.1) is 0 Å². The van der Waals surface area contributed by atoms with Crippen LogP contribution in [0.3, 0.4) is 0 Å². The Morgan fingerprint density at radius 1 is 1.56 bits per heavy atom. The van der Waals surface area contributed by atoms with Crippen LogP contribution < -0.4 is 4.90 Å². The second kappa shape index (κ2) is 3.91. The SMILES string of the molecule is C[C@@]12CS(=O)(=O)C[C@H]1SC(=S)N2c1ccccn1. The highest BCUT2D eigenvalue weighted by Gasteiger charge is 2.57. The van der Waals surface area contributed by atoms with Crippen LogP contribution in [-0.2, 0) is 9.84 Å². The molecule has 0 aromatic carbocycles. The lowest BCUT2D eigenvalue weighted by molar-refractivity contribution is 0.547. The van der Waals surface area contributed by atoms with Crippen LogP contribution in [0.4, 0.5) is 5.82 Å². The van der Waals surface area contributed by atoms with Crippen LogP contribution in [0.2, 0.25) is 0 Å². The molecular formula is C11H12N2O2S3. The van der Waals surface area contributed by atoms with Gasteiger partial charge in [-0.3, -0.25) is 0 Å². The van der Waals surface area contributed by atoms with Crippen molar-refractivity contribution in [3.8, 4) is 0 Å². The number of hydrogen-bond acceptors (Lipinski definition) is 5. The van der Waals surface area contributed by atoms with E-state index in [4.69, 9.17) is 12.2 Å². The van der Waals surface area contributed by atoms with E-state index in [9.17, 15) is 8.42 Å². The molecule has 2 fully saturated rings. The third kappa shape index (κ3) is 1.76. The van der Waals surface area contributed by atoms with Crippen molar-refractivity contribution in [1.82, 2.24) is 4.98 Å². The zero-order chi connectivity index (χ0) is 13.0. The van der Waals surface area contributed by atoms with Gasteiger partial charge in [0, 0.05) is 6.20 Å². The molecule has 3 rings (SSSR count). The van der Waals surface area contributed by atoms with Gasteiger partial charge >= 0.3 is 0 Å². The fraction of sp³-hybridized carbons (Fsp3) is 0.455. The Hall–Kier alpha value is -0.660. The number of aromatic nitrogens is 1. The van der Waals surface area contributed by atoms with E-state index >= 15 is 0 Å². The molecular weight excluding hydrogens is 288 g/mol. The Bertz CT molecular complexity index is 602. The molecule has 1 aromatic heterocycles. The van der Waals surface area contributed by atoms with E-state index in [1.807, 2.05) is 30.0 Å². The van der Waals surface area contributed by atoms with Crippen LogP contribution >= 0.6 is 24.0 Å². The molecule has 4 nitrogen and oxygen atoms in total. The van der Waals surface area contributed by atoms with E-state index in [-0.39, 0.29) is 16.8 Å². The Kier molecular flexibility index (Phi) is 2.69. The average Bonchev–Trinajstić information content (AvgIpc) is 2.62. The molecule has 1 aromatic rings. The number of rotatable bonds is 1. The fourth-order valence-electron chi connectivity index (χ4n) is 2.60. The van der Waals surface area contributed by atoms with Crippen molar-refractivity contribution >= 4 is 44.0 Å². The highest BCUT2D eigenvalue weighted by atomic mass is 32.2. The molecule has 96 valence electrons. The van der Waals surface area contributed by atoms with Gasteiger partial charge in [-0.15, -0.1) is 0 Å². The predicted molar refractivity (Wildman–Crippen MR) is 77.8 cm³/mol. The van der Waals surface area contributed by atoms with E-state index in [1.165, 1.54) is 11.8 Å². The Morgan fingerprint density at radius 3 is 3.00 bits per heavy atom. The summed E-state index contributed by atoms with van der Waals surface area (Å²) < 4.78 is 24.4. The van der Waals surface area contributed by atoms with Crippen LogP contribution in [0.15, 0.2) is 24.4 Å². The van der Waals surface area contributed by atoms with E-state index in [2.05, 4.69) is 4.98 Å². The molecule has 0 N–H and O–H groups in total. The van der Waals surface area contributed by atoms with Gasteiger partial charge in [-0.25, -0.2) is 13.4 Å².